The zero-order chi connectivity index (χ0) is 21.6. The number of nitrogens with zero attached hydrogens (tertiary/aromatic N) is 2. The molecule has 0 aliphatic carbocycles. The Hall–Kier alpha value is -2.74. The minimum atomic E-state index is -0.381. The first-order chi connectivity index (χ1) is 15.1. The molecule has 1 heterocycles. The Balaban J connectivity index is 1.45. The number of rotatable bonds is 7. The van der Waals surface area contributed by atoms with Crippen LogP contribution in [-0.2, 0) is 6.61 Å². The molecule has 0 bridgehead atoms. The Labute approximate surface area is 196 Å². The summed E-state index contributed by atoms with van der Waals surface area (Å²) in [6, 6.07) is 19.8. The summed E-state index contributed by atoms with van der Waals surface area (Å²) < 4.78 is 20.0. The van der Waals surface area contributed by atoms with Crippen molar-refractivity contribution < 1.29 is 9.13 Å². The summed E-state index contributed by atoms with van der Waals surface area (Å²) in [5.41, 5.74) is 6.37. The number of aromatic nitrogens is 1. The molecule has 0 radical (unpaired) electrons. The number of hydrogen-bond donors (Lipinski definition) is 1. The van der Waals surface area contributed by atoms with Gasteiger partial charge in [0.15, 0.2) is 0 Å². The molecule has 0 unspecified atom stereocenters. The fourth-order valence-corrected chi connectivity index (χ4v) is 4.04. The van der Waals surface area contributed by atoms with Gasteiger partial charge in [0.25, 0.3) is 0 Å². The number of anilines is 1. The average Bonchev–Trinajstić information content (AvgIpc) is 3.24. The maximum Gasteiger partial charge on any atom is 0.203 e. The highest BCUT2D eigenvalue weighted by atomic mass is 79.9. The van der Waals surface area contributed by atoms with Crippen LogP contribution in [-0.4, -0.2) is 11.2 Å². The van der Waals surface area contributed by atoms with Gasteiger partial charge >= 0.3 is 0 Å². The number of hydrazone groups is 1. The zero-order valence-electron chi connectivity index (χ0n) is 16.1. The van der Waals surface area contributed by atoms with Crippen molar-refractivity contribution in [3.63, 3.8) is 0 Å². The smallest absolute Gasteiger partial charge is 0.203 e. The quantitative estimate of drug-likeness (QED) is 0.206. The van der Waals surface area contributed by atoms with E-state index in [2.05, 4.69) is 31.4 Å². The molecule has 0 spiro atoms. The standard InChI is InChI=1S/C23H16BrClFN3OS/c24-18-7-9-22(30-13-16-6-8-19(26)11-20(16)25)17(10-18)12-27-29-23-28-21(14-31-23)15-4-2-1-3-5-15/h1-12,14H,13H2,(H,28,29). The summed E-state index contributed by atoms with van der Waals surface area (Å²) in [5.74, 6) is 0.243. The van der Waals surface area contributed by atoms with E-state index in [9.17, 15) is 4.39 Å². The molecule has 1 N–H and O–H groups in total. The molecule has 4 rings (SSSR count). The number of halogens is 3. The topological polar surface area (TPSA) is 46.5 Å². The molecule has 0 aliphatic rings. The van der Waals surface area contributed by atoms with E-state index in [1.807, 2.05) is 53.9 Å². The number of nitrogens with one attached hydrogen (secondary N) is 1. The van der Waals surface area contributed by atoms with Crippen molar-refractivity contribution in [3.05, 3.63) is 98.5 Å². The van der Waals surface area contributed by atoms with E-state index in [0.717, 1.165) is 21.3 Å². The van der Waals surface area contributed by atoms with Crippen LogP contribution in [0.3, 0.4) is 0 Å². The molecule has 1 aromatic heterocycles. The SMILES string of the molecule is Fc1ccc(COc2ccc(Br)cc2C=NNc2nc(-c3ccccc3)cs2)c(Cl)c1. The maximum absolute atomic E-state index is 13.2. The number of thiazole rings is 1. The molecule has 0 aliphatic heterocycles. The van der Waals surface area contributed by atoms with Crippen LogP contribution in [0.25, 0.3) is 11.3 Å². The molecular weight excluding hydrogens is 501 g/mol. The van der Waals surface area contributed by atoms with E-state index < -0.39 is 0 Å². The zero-order valence-corrected chi connectivity index (χ0v) is 19.2. The first kappa shape index (κ1) is 21.5. The second kappa shape index (κ2) is 10.0. The molecular formula is C23H16BrClFN3OS. The third-order valence-electron chi connectivity index (χ3n) is 4.31. The van der Waals surface area contributed by atoms with E-state index in [-0.39, 0.29) is 12.4 Å². The van der Waals surface area contributed by atoms with E-state index in [1.54, 1.807) is 12.3 Å². The lowest BCUT2D eigenvalue weighted by Gasteiger charge is -2.11. The van der Waals surface area contributed by atoms with Crippen molar-refractivity contribution in [2.45, 2.75) is 6.61 Å². The Kier molecular flexibility index (Phi) is 6.96. The van der Waals surface area contributed by atoms with Crippen LogP contribution in [0.15, 0.2) is 81.7 Å². The molecule has 8 heteroatoms. The van der Waals surface area contributed by atoms with Crippen LogP contribution in [0.4, 0.5) is 9.52 Å². The average molecular weight is 517 g/mol. The van der Waals surface area contributed by atoms with Crippen LogP contribution in [0.5, 0.6) is 5.75 Å². The van der Waals surface area contributed by atoms with Crippen molar-refractivity contribution in [3.8, 4) is 17.0 Å². The Morgan fingerprint density at radius 2 is 1.97 bits per heavy atom. The minimum absolute atomic E-state index is 0.210. The van der Waals surface area contributed by atoms with Crippen molar-refractivity contribution >= 4 is 50.2 Å². The summed E-state index contributed by atoms with van der Waals surface area (Å²) in [7, 11) is 0. The van der Waals surface area contributed by atoms with Gasteiger partial charge in [0.2, 0.25) is 5.13 Å². The van der Waals surface area contributed by atoms with Gasteiger partial charge in [0.05, 0.1) is 16.9 Å². The van der Waals surface area contributed by atoms with E-state index >= 15 is 0 Å². The molecule has 4 nitrogen and oxygen atoms in total. The van der Waals surface area contributed by atoms with Gasteiger partial charge < -0.3 is 4.74 Å². The molecule has 31 heavy (non-hydrogen) atoms. The summed E-state index contributed by atoms with van der Waals surface area (Å²) in [6.07, 6.45) is 1.66. The lowest BCUT2D eigenvalue weighted by atomic mass is 10.2. The van der Waals surface area contributed by atoms with Gasteiger partial charge in [-0.3, -0.25) is 5.43 Å². The van der Waals surface area contributed by atoms with E-state index in [0.29, 0.717) is 21.5 Å². The molecule has 0 saturated carbocycles. The highest BCUT2D eigenvalue weighted by molar-refractivity contribution is 9.10. The summed E-state index contributed by atoms with van der Waals surface area (Å²) in [6.45, 7) is 0.210. The summed E-state index contributed by atoms with van der Waals surface area (Å²) in [4.78, 5) is 4.55. The highest BCUT2D eigenvalue weighted by Gasteiger charge is 2.07. The van der Waals surface area contributed by atoms with Gasteiger partial charge in [-0.2, -0.15) is 5.10 Å². The fourth-order valence-electron chi connectivity index (χ4n) is 2.77. The summed E-state index contributed by atoms with van der Waals surface area (Å²) >= 11 is 11.0. The van der Waals surface area contributed by atoms with Crippen molar-refractivity contribution in [2.75, 3.05) is 5.43 Å². The molecule has 3 aromatic carbocycles. The van der Waals surface area contributed by atoms with Gasteiger partial charge in [0.1, 0.15) is 18.2 Å². The van der Waals surface area contributed by atoms with E-state index in [1.165, 1.54) is 23.5 Å². The predicted octanol–water partition coefficient (Wildman–Crippen LogP) is 7.39. The van der Waals surface area contributed by atoms with Crippen molar-refractivity contribution in [1.82, 2.24) is 4.98 Å². The first-order valence-corrected chi connectivity index (χ1v) is 11.3. The Bertz CT molecular complexity index is 1220. The maximum atomic E-state index is 13.2. The lowest BCUT2D eigenvalue weighted by Crippen LogP contribution is -2.00. The van der Waals surface area contributed by atoms with Crippen LogP contribution in [0, 0.1) is 5.82 Å². The van der Waals surface area contributed by atoms with Crippen LogP contribution in [0.1, 0.15) is 11.1 Å². The lowest BCUT2D eigenvalue weighted by molar-refractivity contribution is 0.305. The van der Waals surface area contributed by atoms with Crippen molar-refractivity contribution in [1.29, 1.82) is 0 Å². The van der Waals surface area contributed by atoms with Gasteiger partial charge in [-0.15, -0.1) is 11.3 Å². The van der Waals surface area contributed by atoms with Crippen LogP contribution >= 0.6 is 38.9 Å². The molecule has 0 amide bonds. The molecule has 0 atom stereocenters. The second-order valence-electron chi connectivity index (χ2n) is 6.48. The Morgan fingerprint density at radius 3 is 2.77 bits per heavy atom. The van der Waals surface area contributed by atoms with Gasteiger partial charge in [-0.05, 0) is 30.3 Å². The normalized spacial score (nSPS) is 11.1. The van der Waals surface area contributed by atoms with Crippen LogP contribution < -0.4 is 10.2 Å². The fraction of sp³-hybridized carbons (Fsp3) is 0.0435. The molecule has 156 valence electrons. The highest BCUT2D eigenvalue weighted by Crippen LogP contribution is 2.26. The van der Waals surface area contributed by atoms with Gasteiger partial charge in [-0.1, -0.05) is 63.9 Å². The number of benzene rings is 3. The monoisotopic (exact) mass is 515 g/mol. The largest absolute Gasteiger partial charge is 0.488 e. The third-order valence-corrected chi connectivity index (χ3v) is 5.90. The number of hydrogen-bond acceptors (Lipinski definition) is 5. The first-order valence-electron chi connectivity index (χ1n) is 9.25. The van der Waals surface area contributed by atoms with Crippen molar-refractivity contribution in [2.24, 2.45) is 5.10 Å². The summed E-state index contributed by atoms with van der Waals surface area (Å²) in [5, 5.41) is 7.29. The molecule has 0 fully saturated rings. The van der Waals surface area contributed by atoms with Gasteiger partial charge in [0, 0.05) is 26.5 Å². The number of ether oxygens (including phenoxy) is 1. The minimum Gasteiger partial charge on any atom is -0.488 e. The molecule has 0 saturated heterocycles. The second-order valence-corrected chi connectivity index (χ2v) is 8.66. The predicted molar refractivity (Wildman–Crippen MR) is 129 cm³/mol. The third kappa shape index (κ3) is 5.70. The van der Waals surface area contributed by atoms with E-state index in [4.69, 9.17) is 16.3 Å². The Morgan fingerprint density at radius 1 is 1.13 bits per heavy atom. The van der Waals surface area contributed by atoms with Crippen LogP contribution in [0.2, 0.25) is 5.02 Å². The van der Waals surface area contributed by atoms with Gasteiger partial charge in [-0.25, -0.2) is 9.37 Å². The molecule has 4 aromatic rings.